The van der Waals surface area contributed by atoms with Crippen molar-refractivity contribution >= 4 is 16.9 Å². The Balaban J connectivity index is 2.77. The van der Waals surface area contributed by atoms with Gasteiger partial charge in [0.05, 0.1) is 22.7 Å². The molecule has 1 aromatic carbocycles. The number of carbonyl (C=O) groups is 1. The molecule has 2 aromatic rings. The molecule has 0 amide bonds. The highest BCUT2D eigenvalue weighted by Gasteiger charge is 2.05. The largest absolute Gasteiger partial charge is 0.274 e. The van der Waals surface area contributed by atoms with Crippen LogP contribution in [-0.4, -0.2) is 15.5 Å². The van der Waals surface area contributed by atoms with E-state index < -0.39 is 0 Å². The Morgan fingerprint density at radius 1 is 1.57 bits per heavy atom. The Kier molecular flexibility index (Phi) is 1.79. The van der Waals surface area contributed by atoms with Gasteiger partial charge in [0.2, 0.25) is 5.91 Å². The number of nitriles is 1. The second-order valence-corrected chi connectivity index (χ2v) is 2.95. The molecule has 4 nitrogen and oxygen atoms in total. The van der Waals surface area contributed by atoms with Crippen LogP contribution in [0.1, 0.15) is 17.3 Å². The summed E-state index contributed by atoms with van der Waals surface area (Å²) >= 11 is 0. The van der Waals surface area contributed by atoms with Crippen molar-refractivity contribution in [2.24, 2.45) is 0 Å². The molecule has 0 aliphatic heterocycles. The van der Waals surface area contributed by atoms with Crippen molar-refractivity contribution in [3.63, 3.8) is 0 Å². The lowest BCUT2D eigenvalue weighted by molar-refractivity contribution is 0.0941. The quantitative estimate of drug-likeness (QED) is 0.625. The van der Waals surface area contributed by atoms with Crippen LogP contribution in [0.15, 0.2) is 24.5 Å². The van der Waals surface area contributed by atoms with Gasteiger partial charge in [-0.1, -0.05) is 0 Å². The minimum atomic E-state index is -0.109. The Morgan fingerprint density at radius 3 is 3.00 bits per heavy atom. The zero-order chi connectivity index (χ0) is 10.1. The first-order valence-electron chi connectivity index (χ1n) is 4.10. The van der Waals surface area contributed by atoms with Crippen LogP contribution < -0.4 is 0 Å². The molecule has 0 N–H and O–H groups in total. The van der Waals surface area contributed by atoms with Crippen molar-refractivity contribution in [1.29, 1.82) is 5.26 Å². The normalized spacial score (nSPS) is 10.0. The number of benzene rings is 1. The first-order valence-corrected chi connectivity index (χ1v) is 4.10. The van der Waals surface area contributed by atoms with E-state index in [-0.39, 0.29) is 5.91 Å². The number of rotatable bonds is 0. The summed E-state index contributed by atoms with van der Waals surface area (Å²) in [5.41, 5.74) is 1.93. The summed E-state index contributed by atoms with van der Waals surface area (Å²) in [7, 11) is 0. The minimum Gasteiger partial charge on any atom is -0.274 e. The van der Waals surface area contributed by atoms with E-state index in [9.17, 15) is 4.79 Å². The molecule has 0 saturated carbocycles. The van der Waals surface area contributed by atoms with Crippen LogP contribution in [0.2, 0.25) is 0 Å². The number of hydrogen-bond acceptors (Lipinski definition) is 3. The minimum absolute atomic E-state index is 0.109. The Bertz CT molecular complexity index is 548. The summed E-state index contributed by atoms with van der Waals surface area (Å²) in [6.07, 6.45) is 1.47. The molecule has 0 atom stereocenters. The third kappa shape index (κ3) is 1.15. The van der Waals surface area contributed by atoms with Crippen LogP contribution in [-0.2, 0) is 0 Å². The molecule has 0 fully saturated rings. The molecular weight excluding hydrogens is 178 g/mol. The van der Waals surface area contributed by atoms with Crippen LogP contribution >= 0.6 is 0 Å². The van der Waals surface area contributed by atoms with Gasteiger partial charge >= 0.3 is 0 Å². The van der Waals surface area contributed by atoms with Crippen molar-refractivity contribution in [2.75, 3.05) is 0 Å². The number of aromatic nitrogens is 2. The van der Waals surface area contributed by atoms with Gasteiger partial charge in [-0.3, -0.25) is 9.36 Å². The van der Waals surface area contributed by atoms with E-state index >= 15 is 0 Å². The highest BCUT2D eigenvalue weighted by atomic mass is 16.1. The average molecular weight is 185 g/mol. The molecule has 0 bridgehead atoms. The van der Waals surface area contributed by atoms with Gasteiger partial charge in [0.1, 0.15) is 6.33 Å². The molecule has 0 spiro atoms. The van der Waals surface area contributed by atoms with Crippen LogP contribution in [0.25, 0.3) is 11.0 Å². The van der Waals surface area contributed by atoms with E-state index in [0.717, 1.165) is 5.52 Å². The SMILES string of the molecule is CC(=O)n1cnc2ccc(C#N)cc21. The van der Waals surface area contributed by atoms with Crippen molar-refractivity contribution < 1.29 is 4.79 Å². The first-order chi connectivity index (χ1) is 6.72. The Hall–Kier alpha value is -2.15. The monoisotopic (exact) mass is 185 g/mol. The standard InChI is InChI=1S/C10H7N3O/c1-7(14)13-6-12-9-3-2-8(5-11)4-10(9)13/h2-4,6H,1H3. The van der Waals surface area contributed by atoms with Crippen LogP contribution in [0.5, 0.6) is 0 Å². The number of hydrogen-bond donors (Lipinski definition) is 0. The topological polar surface area (TPSA) is 58.7 Å². The van der Waals surface area contributed by atoms with E-state index in [2.05, 4.69) is 4.98 Å². The van der Waals surface area contributed by atoms with Crippen LogP contribution in [0, 0.1) is 11.3 Å². The number of carbonyl (C=O) groups excluding carboxylic acids is 1. The molecule has 1 aromatic heterocycles. The maximum absolute atomic E-state index is 11.2. The van der Waals surface area contributed by atoms with Gasteiger partial charge in [-0.25, -0.2) is 4.98 Å². The lowest BCUT2D eigenvalue weighted by atomic mass is 10.2. The molecule has 4 heteroatoms. The van der Waals surface area contributed by atoms with E-state index in [1.807, 2.05) is 6.07 Å². The summed E-state index contributed by atoms with van der Waals surface area (Å²) in [5, 5.41) is 8.70. The van der Waals surface area contributed by atoms with Gasteiger partial charge in [0, 0.05) is 6.92 Å². The molecule has 1 heterocycles. The zero-order valence-corrected chi connectivity index (χ0v) is 7.56. The van der Waals surface area contributed by atoms with Gasteiger partial charge < -0.3 is 0 Å². The van der Waals surface area contributed by atoms with Gasteiger partial charge in [0.25, 0.3) is 0 Å². The summed E-state index contributed by atoms with van der Waals surface area (Å²) in [6.45, 7) is 1.46. The summed E-state index contributed by atoms with van der Waals surface area (Å²) < 4.78 is 1.43. The molecular formula is C10H7N3O. The fourth-order valence-corrected chi connectivity index (χ4v) is 1.33. The summed E-state index contributed by atoms with van der Waals surface area (Å²) in [5.74, 6) is -0.109. The smallest absolute Gasteiger partial charge is 0.229 e. The summed E-state index contributed by atoms with van der Waals surface area (Å²) in [6, 6.07) is 7.09. The third-order valence-corrected chi connectivity index (χ3v) is 2.02. The fourth-order valence-electron chi connectivity index (χ4n) is 1.33. The zero-order valence-electron chi connectivity index (χ0n) is 7.56. The molecule has 0 aliphatic rings. The second kappa shape index (κ2) is 2.96. The van der Waals surface area contributed by atoms with Crippen LogP contribution in [0.4, 0.5) is 0 Å². The molecule has 0 radical (unpaired) electrons. The van der Waals surface area contributed by atoms with Crippen molar-refractivity contribution in [1.82, 2.24) is 9.55 Å². The molecule has 14 heavy (non-hydrogen) atoms. The maximum Gasteiger partial charge on any atom is 0.229 e. The number of nitrogens with zero attached hydrogens (tertiary/aromatic N) is 3. The van der Waals surface area contributed by atoms with Gasteiger partial charge in [-0.05, 0) is 18.2 Å². The fraction of sp³-hybridized carbons (Fsp3) is 0.100. The molecule has 2 rings (SSSR count). The van der Waals surface area contributed by atoms with Gasteiger partial charge in [0.15, 0.2) is 0 Å². The Morgan fingerprint density at radius 2 is 2.36 bits per heavy atom. The van der Waals surface area contributed by atoms with E-state index in [0.29, 0.717) is 11.1 Å². The number of imidazole rings is 1. The lowest BCUT2D eigenvalue weighted by Crippen LogP contribution is -2.02. The molecule has 0 saturated heterocycles. The van der Waals surface area contributed by atoms with E-state index in [4.69, 9.17) is 5.26 Å². The lowest BCUT2D eigenvalue weighted by Gasteiger charge is -1.96. The predicted molar refractivity (Wildman–Crippen MR) is 50.7 cm³/mol. The molecule has 0 aliphatic carbocycles. The predicted octanol–water partition coefficient (Wildman–Crippen LogP) is 1.57. The highest BCUT2D eigenvalue weighted by Crippen LogP contribution is 2.14. The second-order valence-electron chi connectivity index (χ2n) is 2.95. The third-order valence-electron chi connectivity index (χ3n) is 2.02. The van der Waals surface area contributed by atoms with Crippen LogP contribution in [0.3, 0.4) is 0 Å². The van der Waals surface area contributed by atoms with E-state index in [1.165, 1.54) is 17.8 Å². The maximum atomic E-state index is 11.2. The first kappa shape index (κ1) is 8.45. The average Bonchev–Trinajstić information content (AvgIpc) is 2.59. The number of fused-ring (bicyclic) bond motifs is 1. The van der Waals surface area contributed by atoms with Crippen molar-refractivity contribution in [3.8, 4) is 6.07 Å². The van der Waals surface area contributed by atoms with E-state index in [1.54, 1.807) is 18.2 Å². The van der Waals surface area contributed by atoms with Gasteiger partial charge in [-0.2, -0.15) is 5.26 Å². The van der Waals surface area contributed by atoms with Crippen molar-refractivity contribution in [3.05, 3.63) is 30.1 Å². The van der Waals surface area contributed by atoms with Crippen molar-refractivity contribution in [2.45, 2.75) is 6.92 Å². The van der Waals surface area contributed by atoms with Gasteiger partial charge in [-0.15, -0.1) is 0 Å². The summed E-state index contributed by atoms with van der Waals surface area (Å²) in [4.78, 5) is 15.2. The molecule has 0 unspecified atom stereocenters. The Labute approximate surface area is 80.4 Å². The highest BCUT2D eigenvalue weighted by molar-refractivity contribution is 5.89. The molecule has 68 valence electrons.